The molecule has 168 valence electrons. The molecule has 0 aromatic heterocycles. The van der Waals surface area contributed by atoms with Gasteiger partial charge in [-0.3, -0.25) is 9.10 Å². The van der Waals surface area contributed by atoms with Crippen LogP contribution in [0.25, 0.3) is 0 Å². The van der Waals surface area contributed by atoms with Crippen LogP contribution >= 0.6 is 15.9 Å². The highest BCUT2D eigenvalue weighted by Crippen LogP contribution is 2.23. The number of carbonyl (C=O) groups excluding carboxylic acids is 1. The molecule has 6 nitrogen and oxygen atoms in total. The van der Waals surface area contributed by atoms with Gasteiger partial charge in [-0.2, -0.15) is 0 Å². The van der Waals surface area contributed by atoms with Gasteiger partial charge in [-0.1, -0.05) is 58.4 Å². The third kappa shape index (κ3) is 7.19. The van der Waals surface area contributed by atoms with Gasteiger partial charge in [-0.05, 0) is 47.5 Å². The lowest BCUT2D eigenvalue weighted by Crippen LogP contribution is -2.29. The number of carbonyl (C=O) groups is 1. The fourth-order valence-corrected chi connectivity index (χ4v) is 4.19. The van der Waals surface area contributed by atoms with E-state index in [2.05, 4.69) is 21.2 Å². The van der Waals surface area contributed by atoms with Crippen LogP contribution < -0.4 is 9.62 Å². The summed E-state index contributed by atoms with van der Waals surface area (Å²) in [6, 6.07) is 23.8. The normalized spacial score (nSPS) is 11.2. The Morgan fingerprint density at radius 3 is 2.22 bits per heavy atom. The molecule has 0 fully saturated rings. The van der Waals surface area contributed by atoms with Gasteiger partial charge in [-0.25, -0.2) is 8.42 Å². The van der Waals surface area contributed by atoms with E-state index in [0.717, 1.165) is 15.6 Å². The zero-order chi connectivity index (χ0) is 23.0. The molecule has 32 heavy (non-hydrogen) atoms. The third-order valence-electron chi connectivity index (χ3n) is 4.70. The molecule has 8 heteroatoms. The number of sulfonamides is 1. The van der Waals surface area contributed by atoms with Crippen LogP contribution in [0.2, 0.25) is 0 Å². The maximum absolute atomic E-state index is 12.3. The largest absolute Gasteiger partial charge is 0.375 e. The molecule has 0 radical (unpaired) electrons. The van der Waals surface area contributed by atoms with Crippen molar-refractivity contribution in [3.8, 4) is 0 Å². The van der Waals surface area contributed by atoms with Crippen molar-refractivity contribution in [2.45, 2.75) is 13.2 Å². The van der Waals surface area contributed by atoms with Gasteiger partial charge >= 0.3 is 0 Å². The highest BCUT2D eigenvalue weighted by Gasteiger charge is 2.18. The van der Waals surface area contributed by atoms with Crippen LogP contribution in [0.4, 0.5) is 5.69 Å². The minimum Gasteiger partial charge on any atom is -0.375 e. The van der Waals surface area contributed by atoms with Crippen molar-refractivity contribution in [2.24, 2.45) is 0 Å². The van der Waals surface area contributed by atoms with Gasteiger partial charge < -0.3 is 10.1 Å². The highest BCUT2D eigenvalue weighted by molar-refractivity contribution is 9.10. The number of anilines is 1. The first-order chi connectivity index (χ1) is 15.3. The van der Waals surface area contributed by atoms with Crippen molar-refractivity contribution in [1.29, 1.82) is 0 Å². The summed E-state index contributed by atoms with van der Waals surface area (Å²) in [7, 11) is -3.47. The number of nitrogens with one attached hydrogen (secondary N) is 1. The topological polar surface area (TPSA) is 75.7 Å². The summed E-state index contributed by atoms with van der Waals surface area (Å²) in [5.41, 5.74) is 2.95. The summed E-state index contributed by atoms with van der Waals surface area (Å²) in [5.74, 6) is -0.201. The van der Waals surface area contributed by atoms with Crippen molar-refractivity contribution in [3.05, 3.63) is 100 Å². The summed E-state index contributed by atoms with van der Waals surface area (Å²) in [6.45, 7) is 1.49. The Morgan fingerprint density at radius 1 is 0.938 bits per heavy atom. The quantitative estimate of drug-likeness (QED) is 0.406. The molecule has 3 aromatic rings. The standard InChI is InChI=1S/C24H25BrN2O4S/c1-32(29,30)27(23-13-11-22(25)12-14-23)17-19-7-9-21(10-8-19)24(28)26-15-16-31-18-20-5-3-2-4-6-20/h2-14H,15-18H2,1H3,(H,26,28). The first kappa shape index (κ1) is 24.0. The fourth-order valence-electron chi connectivity index (χ4n) is 3.04. The van der Waals surface area contributed by atoms with E-state index in [9.17, 15) is 13.2 Å². The van der Waals surface area contributed by atoms with Crippen LogP contribution in [0, 0.1) is 0 Å². The molecular weight excluding hydrogens is 492 g/mol. The first-order valence-corrected chi connectivity index (χ1v) is 12.7. The van der Waals surface area contributed by atoms with E-state index in [-0.39, 0.29) is 12.5 Å². The van der Waals surface area contributed by atoms with E-state index < -0.39 is 10.0 Å². The van der Waals surface area contributed by atoms with Crippen LogP contribution in [-0.4, -0.2) is 33.7 Å². The molecule has 3 rings (SSSR count). The average molecular weight is 517 g/mol. The van der Waals surface area contributed by atoms with E-state index >= 15 is 0 Å². The van der Waals surface area contributed by atoms with Crippen molar-refractivity contribution < 1.29 is 17.9 Å². The van der Waals surface area contributed by atoms with Crippen LogP contribution in [0.3, 0.4) is 0 Å². The molecule has 0 aliphatic heterocycles. The Labute approximate surface area is 197 Å². The highest BCUT2D eigenvalue weighted by atomic mass is 79.9. The Hall–Kier alpha value is -2.68. The number of halogens is 1. The fraction of sp³-hybridized carbons (Fsp3) is 0.208. The number of rotatable bonds is 10. The molecule has 0 heterocycles. The maximum Gasteiger partial charge on any atom is 0.251 e. The van der Waals surface area contributed by atoms with Crippen molar-refractivity contribution in [1.82, 2.24) is 5.32 Å². The zero-order valence-electron chi connectivity index (χ0n) is 17.7. The molecule has 0 bridgehead atoms. The van der Waals surface area contributed by atoms with E-state index in [1.54, 1.807) is 48.5 Å². The van der Waals surface area contributed by atoms with Gasteiger partial charge in [0.15, 0.2) is 0 Å². The van der Waals surface area contributed by atoms with Gasteiger partial charge in [-0.15, -0.1) is 0 Å². The molecule has 0 atom stereocenters. The van der Waals surface area contributed by atoms with Crippen LogP contribution in [-0.2, 0) is 27.9 Å². The van der Waals surface area contributed by atoms with Crippen LogP contribution in [0.1, 0.15) is 21.5 Å². The van der Waals surface area contributed by atoms with Gasteiger partial charge in [0.1, 0.15) is 0 Å². The Kier molecular flexibility index (Phi) is 8.44. The number of nitrogens with zero attached hydrogens (tertiary/aromatic N) is 1. The number of amides is 1. The first-order valence-electron chi connectivity index (χ1n) is 10.0. The van der Waals surface area contributed by atoms with Gasteiger partial charge in [0.2, 0.25) is 10.0 Å². The summed E-state index contributed by atoms with van der Waals surface area (Å²) >= 11 is 3.36. The molecule has 1 amide bonds. The molecule has 0 saturated carbocycles. The minimum atomic E-state index is -3.47. The molecule has 3 aromatic carbocycles. The molecule has 0 unspecified atom stereocenters. The van der Waals surface area contributed by atoms with Crippen LogP contribution in [0.5, 0.6) is 0 Å². The summed E-state index contributed by atoms with van der Waals surface area (Å²) in [4.78, 5) is 12.3. The molecular formula is C24H25BrN2O4S. The molecule has 1 N–H and O–H groups in total. The second-order valence-electron chi connectivity index (χ2n) is 7.24. The SMILES string of the molecule is CS(=O)(=O)N(Cc1ccc(C(=O)NCCOCc2ccccc2)cc1)c1ccc(Br)cc1. The summed E-state index contributed by atoms with van der Waals surface area (Å²) in [6.07, 6.45) is 1.18. The van der Waals surface area contributed by atoms with Crippen molar-refractivity contribution in [3.63, 3.8) is 0 Å². The zero-order valence-corrected chi connectivity index (χ0v) is 20.1. The lowest BCUT2D eigenvalue weighted by atomic mass is 10.1. The molecule has 0 aliphatic rings. The monoisotopic (exact) mass is 516 g/mol. The van der Waals surface area contributed by atoms with Crippen LogP contribution in [0.15, 0.2) is 83.3 Å². The predicted octanol–water partition coefficient (Wildman–Crippen LogP) is 4.36. The Morgan fingerprint density at radius 2 is 1.59 bits per heavy atom. The minimum absolute atomic E-state index is 0.176. The third-order valence-corrected chi connectivity index (χ3v) is 6.37. The number of ether oxygens (including phenoxy) is 1. The Balaban J connectivity index is 1.52. The smallest absolute Gasteiger partial charge is 0.251 e. The van der Waals surface area contributed by atoms with Crippen molar-refractivity contribution >= 4 is 37.5 Å². The van der Waals surface area contributed by atoms with E-state index in [0.29, 0.717) is 31.0 Å². The number of hydrogen-bond acceptors (Lipinski definition) is 4. The van der Waals surface area contributed by atoms with Gasteiger partial charge in [0.05, 0.1) is 31.7 Å². The molecule has 0 spiro atoms. The van der Waals surface area contributed by atoms with E-state index in [4.69, 9.17) is 4.74 Å². The summed E-state index contributed by atoms with van der Waals surface area (Å²) < 4.78 is 32.4. The molecule has 0 aliphatic carbocycles. The molecule has 0 saturated heterocycles. The number of benzene rings is 3. The average Bonchev–Trinajstić information content (AvgIpc) is 2.78. The van der Waals surface area contributed by atoms with Crippen molar-refractivity contribution in [2.75, 3.05) is 23.7 Å². The second kappa shape index (κ2) is 11.3. The Bertz CT molecular complexity index is 1120. The second-order valence-corrected chi connectivity index (χ2v) is 10.1. The van der Waals surface area contributed by atoms with E-state index in [1.165, 1.54) is 10.6 Å². The predicted molar refractivity (Wildman–Crippen MR) is 130 cm³/mol. The number of hydrogen-bond donors (Lipinski definition) is 1. The maximum atomic E-state index is 12.3. The van der Waals surface area contributed by atoms with Gasteiger partial charge in [0.25, 0.3) is 5.91 Å². The lowest BCUT2D eigenvalue weighted by molar-refractivity contribution is 0.0901. The summed E-state index contributed by atoms with van der Waals surface area (Å²) in [5, 5.41) is 2.83. The van der Waals surface area contributed by atoms with Gasteiger partial charge in [0, 0.05) is 16.6 Å². The van der Waals surface area contributed by atoms with E-state index in [1.807, 2.05) is 30.3 Å². The lowest BCUT2D eigenvalue weighted by Gasteiger charge is -2.22.